The van der Waals surface area contributed by atoms with E-state index in [1.165, 1.54) is 11.1 Å². The monoisotopic (exact) mass is 578 g/mol. The lowest BCUT2D eigenvalue weighted by Crippen LogP contribution is -2.24. The highest BCUT2D eigenvalue weighted by molar-refractivity contribution is 5.72. The maximum absolute atomic E-state index is 12.3. The Balaban J connectivity index is 1.59. The Morgan fingerprint density at radius 1 is 0.476 bits per heavy atom. The number of ether oxygens (including phenoxy) is 2. The largest absolute Gasteiger partial charge is 0.427 e. The van der Waals surface area contributed by atoms with E-state index in [2.05, 4.69) is 93.5 Å². The lowest BCUT2D eigenvalue weighted by molar-refractivity contribution is -0.135. The van der Waals surface area contributed by atoms with E-state index in [4.69, 9.17) is 9.47 Å². The van der Waals surface area contributed by atoms with Crippen molar-refractivity contribution in [2.45, 2.75) is 144 Å². The number of rotatable bonds is 15. The molecular formula is C38H58O4. The summed E-state index contributed by atoms with van der Waals surface area (Å²) in [4.78, 5) is 24.6. The van der Waals surface area contributed by atoms with Gasteiger partial charge in [0.25, 0.3) is 0 Å². The first-order valence-corrected chi connectivity index (χ1v) is 16.0. The summed E-state index contributed by atoms with van der Waals surface area (Å²) in [6.45, 7) is 22.6. The Morgan fingerprint density at radius 2 is 0.762 bits per heavy atom. The summed E-state index contributed by atoms with van der Waals surface area (Å²) in [5, 5.41) is 0. The van der Waals surface area contributed by atoms with Gasteiger partial charge >= 0.3 is 11.9 Å². The molecule has 0 fully saturated rings. The molecule has 0 radical (unpaired) electrons. The van der Waals surface area contributed by atoms with Crippen LogP contribution < -0.4 is 9.47 Å². The predicted molar refractivity (Wildman–Crippen MR) is 175 cm³/mol. The number of benzene rings is 2. The SMILES string of the molecule is CC(C)(C)CC(C)(C)c1ccc(OC(=O)CCCCCCCCC(=O)Oc2ccc(C(C)(C)CC(C)(C)C)cc2)cc1. The fraction of sp³-hybridized carbons (Fsp3) is 0.632. The predicted octanol–water partition coefficient (Wildman–Crippen LogP) is 10.7. The van der Waals surface area contributed by atoms with Crippen molar-refractivity contribution in [2.24, 2.45) is 10.8 Å². The van der Waals surface area contributed by atoms with Crippen LogP contribution in [0.2, 0.25) is 0 Å². The molecule has 0 amide bonds. The zero-order valence-electron chi connectivity index (χ0n) is 28.3. The van der Waals surface area contributed by atoms with Crippen molar-refractivity contribution in [3.05, 3.63) is 59.7 Å². The van der Waals surface area contributed by atoms with Gasteiger partial charge in [0.1, 0.15) is 11.5 Å². The second-order valence-electron chi connectivity index (χ2n) is 15.9. The van der Waals surface area contributed by atoms with Crippen LogP contribution in [0.5, 0.6) is 11.5 Å². The quantitative estimate of drug-likeness (QED) is 0.120. The third-order valence-corrected chi connectivity index (χ3v) is 7.69. The standard InChI is InChI=1S/C38H58O4/c1-35(2,3)27-37(7,8)29-19-23-31(24-20-29)41-33(39)17-15-13-11-12-14-16-18-34(40)42-32-25-21-30(22-26-32)38(9,10)28-36(4,5)6/h19-26H,11-18,27-28H2,1-10H3. The Kier molecular flexibility index (Phi) is 12.9. The molecule has 0 aromatic heterocycles. The molecule has 0 heterocycles. The van der Waals surface area contributed by atoms with Crippen molar-refractivity contribution in [3.63, 3.8) is 0 Å². The van der Waals surface area contributed by atoms with Crippen molar-refractivity contribution in [1.29, 1.82) is 0 Å². The fourth-order valence-corrected chi connectivity index (χ4v) is 6.41. The first kappa shape index (κ1) is 35.6. The third kappa shape index (κ3) is 13.6. The van der Waals surface area contributed by atoms with Gasteiger partial charge in [-0.15, -0.1) is 0 Å². The van der Waals surface area contributed by atoms with Gasteiger partial charge in [-0.3, -0.25) is 9.59 Å². The smallest absolute Gasteiger partial charge is 0.311 e. The van der Waals surface area contributed by atoms with Crippen molar-refractivity contribution in [2.75, 3.05) is 0 Å². The van der Waals surface area contributed by atoms with Crippen LogP contribution in [0.1, 0.15) is 145 Å². The molecule has 0 saturated carbocycles. The molecule has 2 aromatic rings. The molecule has 0 atom stereocenters. The number of unbranched alkanes of at least 4 members (excludes halogenated alkanes) is 5. The van der Waals surface area contributed by atoms with Crippen molar-refractivity contribution < 1.29 is 19.1 Å². The van der Waals surface area contributed by atoms with Gasteiger partial charge in [0.2, 0.25) is 0 Å². The van der Waals surface area contributed by atoms with Crippen LogP contribution >= 0.6 is 0 Å². The molecule has 2 rings (SSSR count). The topological polar surface area (TPSA) is 52.6 Å². The summed E-state index contributed by atoms with van der Waals surface area (Å²) in [6.07, 6.45) is 8.71. The summed E-state index contributed by atoms with van der Waals surface area (Å²) in [7, 11) is 0. The van der Waals surface area contributed by atoms with E-state index in [0.29, 0.717) is 24.3 Å². The molecule has 4 nitrogen and oxygen atoms in total. The van der Waals surface area contributed by atoms with Gasteiger partial charge in [0, 0.05) is 12.8 Å². The number of carbonyl (C=O) groups excluding carboxylic acids is 2. The summed E-state index contributed by atoms with van der Waals surface area (Å²) < 4.78 is 11.1. The first-order chi connectivity index (χ1) is 19.4. The molecule has 234 valence electrons. The molecule has 0 aliphatic carbocycles. The van der Waals surface area contributed by atoms with Crippen molar-refractivity contribution in [1.82, 2.24) is 0 Å². The minimum atomic E-state index is -0.176. The average Bonchev–Trinajstić information content (AvgIpc) is 2.83. The molecule has 0 aliphatic heterocycles. The van der Waals surface area contributed by atoms with E-state index in [-0.39, 0.29) is 33.6 Å². The Bertz CT molecular complexity index is 1020. The van der Waals surface area contributed by atoms with Crippen molar-refractivity contribution >= 4 is 11.9 Å². The van der Waals surface area contributed by atoms with Crippen LogP contribution in [-0.2, 0) is 20.4 Å². The molecule has 4 heteroatoms. The van der Waals surface area contributed by atoms with Crippen molar-refractivity contribution in [3.8, 4) is 11.5 Å². The maximum Gasteiger partial charge on any atom is 0.311 e. The zero-order valence-corrected chi connectivity index (χ0v) is 28.3. The van der Waals surface area contributed by atoms with Crippen LogP contribution in [0.25, 0.3) is 0 Å². The van der Waals surface area contributed by atoms with Gasteiger partial charge in [-0.2, -0.15) is 0 Å². The van der Waals surface area contributed by atoms with Gasteiger partial charge < -0.3 is 9.47 Å². The lowest BCUT2D eigenvalue weighted by Gasteiger charge is -2.33. The fourth-order valence-electron chi connectivity index (χ4n) is 6.41. The van der Waals surface area contributed by atoms with Crippen LogP contribution in [-0.4, -0.2) is 11.9 Å². The third-order valence-electron chi connectivity index (χ3n) is 7.69. The molecule has 0 unspecified atom stereocenters. The highest BCUT2D eigenvalue weighted by atomic mass is 16.5. The van der Waals surface area contributed by atoms with E-state index < -0.39 is 0 Å². The van der Waals surface area contributed by atoms with Crippen LogP contribution in [0.4, 0.5) is 0 Å². The summed E-state index contributed by atoms with van der Waals surface area (Å²) >= 11 is 0. The van der Waals surface area contributed by atoms with Gasteiger partial charge in [0.15, 0.2) is 0 Å². The van der Waals surface area contributed by atoms with Crippen LogP contribution in [0.15, 0.2) is 48.5 Å². The summed E-state index contributed by atoms with van der Waals surface area (Å²) in [5.41, 5.74) is 3.15. The summed E-state index contributed by atoms with van der Waals surface area (Å²) in [5.74, 6) is 0.875. The van der Waals surface area contributed by atoms with E-state index in [1.807, 2.05) is 24.3 Å². The van der Waals surface area contributed by atoms with Crippen LogP contribution in [0.3, 0.4) is 0 Å². The molecule has 0 saturated heterocycles. The van der Waals surface area contributed by atoms with E-state index >= 15 is 0 Å². The molecule has 0 spiro atoms. The van der Waals surface area contributed by atoms with E-state index in [9.17, 15) is 9.59 Å². The zero-order chi connectivity index (χ0) is 31.6. The Labute approximate surface area is 257 Å². The molecule has 0 N–H and O–H groups in total. The van der Waals surface area contributed by atoms with Gasteiger partial charge in [-0.05, 0) is 82.7 Å². The number of hydrogen-bond acceptors (Lipinski definition) is 4. The molecule has 0 aliphatic rings. The van der Waals surface area contributed by atoms with Gasteiger partial charge in [0.05, 0.1) is 0 Å². The average molecular weight is 579 g/mol. The Hall–Kier alpha value is -2.62. The number of hydrogen-bond donors (Lipinski definition) is 0. The van der Waals surface area contributed by atoms with Gasteiger partial charge in [-0.1, -0.05) is 119 Å². The lowest BCUT2D eigenvalue weighted by atomic mass is 9.72. The van der Waals surface area contributed by atoms with Crippen LogP contribution in [0, 0.1) is 10.8 Å². The molecule has 2 aromatic carbocycles. The molecular weight excluding hydrogens is 520 g/mol. The second-order valence-corrected chi connectivity index (χ2v) is 15.9. The summed E-state index contributed by atoms with van der Waals surface area (Å²) in [6, 6.07) is 16.0. The highest BCUT2D eigenvalue weighted by Crippen LogP contribution is 2.38. The maximum atomic E-state index is 12.3. The second kappa shape index (κ2) is 15.2. The van der Waals surface area contributed by atoms with E-state index in [0.717, 1.165) is 51.4 Å². The normalized spacial score (nSPS) is 12.7. The molecule has 42 heavy (non-hydrogen) atoms. The van der Waals surface area contributed by atoms with Gasteiger partial charge in [-0.25, -0.2) is 0 Å². The number of carbonyl (C=O) groups is 2. The molecule has 0 bridgehead atoms. The minimum absolute atomic E-state index is 0.0663. The van der Waals surface area contributed by atoms with E-state index in [1.54, 1.807) is 0 Å². The first-order valence-electron chi connectivity index (χ1n) is 16.0. The number of esters is 2. The minimum Gasteiger partial charge on any atom is -0.427 e. The Morgan fingerprint density at radius 3 is 1.05 bits per heavy atom. The highest BCUT2D eigenvalue weighted by Gasteiger charge is 2.28.